The Hall–Kier alpha value is -2.71. The molecule has 0 atom stereocenters. The molecule has 34 heavy (non-hydrogen) atoms. The van der Waals surface area contributed by atoms with E-state index >= 15 is 0 Å². The average molecular weight is 485 g/mol. The number of benzene rings is 2. The van der Waals surface area contributed by atoms with E-state index in [9.17, 15) is 18.0 Å². The summed E-state index contributed by atoms with van der Waals surface area (Å²) in [4.78, 5) is 27.8. The molecule has 0 aromatic heterocycles. The van der Waals surface area contributed by atoms with Crippen LogP contribution in [0.25, 0.3) is 0 Å². The molecule has 2 N–H and O–H groups in total. The second-order valence-electron chi connectivity index (χ2n) is 10.3. The normalized spacial score (nSPS) is 17.5. The first-order valence-corrected chi connectivity index (χ1v) is 13.2. The largest absolute Gasteiger partial charge is 0.455 e. The topological polar surface area (TPSA) is 107 Å². The first kappa shape index (κ1) is 24.4. The minimum atomic E-state index is -3.81. The van der Waals surface area contributed by atoms with Crippen LogP contribution in [0.4, 0.5) is 5.69 Å². The van der Waals surface area contributed by atoms with E-state index in [0.717, 1.165) is 24.0 Å². The number of anilines is 1. The lowest BCUT2D eigenvalue weighted by Gasteiger charge is -2.29. The Kier molecular flexibility index (Phi) is 6.33. The molecule has 182 valence electrons. The van der Waals surface area contributed by atoms with E-state index in [4.69, 9.17) is 9.88 Å². The maximum atomic E-state index is 13.3. The molecule has 0 radical (unpaired) electrons. The van der Waals surface area contributed by atoms with E-state index in [1.165, 1.54) is 22.6 Å². The van der Waals surface area contributed by atoms with Crippen molar-refractivity contribution in [1.82, 2.24) is 0 Å². The molecule has 1 aliphatic heterocycles. The van der Waals surface area contributed by atoms with Crippen LogP contribution < -0.4 is 10.0 Å². The van der Waals surface area contributed by atoms with Crippen LogP contribution in [0.2, 0.25) is 0 Å². The van der Waals surface area contributed by atoms with Gasteiger partial charge in [-0.1, -0.05) is 57.9 Å². The van der Waals surface area contributed by atoms with Gasteiger partial charge in [-0.25, -0.2) is 13.6 Å². The Bertz CT molecular complexity index is 1210. The molecule has 2 aromatic carbocycles. The summed E-state index contributed by atoms with van der Waals surface area (Å²) in [5.74, 6) is -0.683. The number of esters is 1. The smallest absolute Gasteiger partial charge is 0.317 e. The third-order valence-corrected chi connectivity index (χ3v) is 7.97. The molecule has 4 rings (SSSR count). The maximum absolute atomic E-state index is 13.3. The molecule has 1 aliphatic carbocycles. The number of rotatable bonds is 5. The van der Waals surface area contributed by atoms with Gasteiger partial charge in [0.25, 0.3) is 5.91 Å². The van der Waals surface area contributed by atoms with Crippen LogP contribution in [0.3, 0.4) is 0 Å². The summed E-state index contributed by atoms with van der Waals surface area (Å²) >= 11 is 0. The molecule has 8 heteroatoms. The van der Waals surface area contributed by atoms with Crippen molar-refractivity contribution in [2.45, 2.75) is 68.6 Å². The molecule has 7 nitrogen and oxygen atoms in total. The molecule has 0 spiro atoms. The fraction of sp³-hybridized carbons (Fsp3) is 0.462. The highest BCUT2D eigenvalue weighted by Crippen LogP contribution is 2.43. The number of nitrogens with zero attached hydrogens (tertiary/aromatic N) is 1. The summed E-state index contributed by atoms with van der Waals surface area (Å²) < 4.78 is 28.8. The number of nitrogens with two attached hydrogens (primary N) is 1. The van der Waals surface area contributed by atoms with Crippen molar-refractivity contribution >= 4 is 27.6 Å². The summed E-state index contributed by atoms with van der Waals surface area (Å²) in [5, 5.41) is 5.21. The predicted molar refractivity (Wildman–Crippen MR) is 130 cm³/mol. The zero-order chi connectivity index (χ0) is 24.7. The molecule has 1 heterocycles. The van der Waals surface area contributed by atoms with Gasteiger partial charge in [0.1, 0.15) is 0 Å². The Morgan fingerprint density at radius 3 is 2.29 bits per heavy atom. The number of hydrogen-bond acceptors (Lipinski definition) is 5. The molecular formula is C26H32N2O5S. The summed E-state index contributed by atoms with van der Waals surface area (Å²) in [6.07, 6.45) is 3.81. The van der Waals surface area contributed by atoms with Crippen molar-refractivity contribution in [1.29, 1.82) is 0 Å². The maximum Gasteiger partial charge on any atom is 0.317 e. The third kappa shape index (κ3) is 4.61. The fourth-order valence-electron chi connectivity index (χ4n) is 5.04. The number of carbonyl (C=O) groups excluding carboxylic acids is 2. The Morgan fingerprint density at radius 1 is 1.06 bits per heavy atom. The van der Waals surface area contributed by atoms with Crippen molar-refractivity contribution in [3.8, 4) is 0 Å². The molecule has 0 unspecified atom stereocenters. The van der Waals surface area contributed by atoms with Crippen LogP contribution in [-0.2, 0) is 41.6 Å². The van der Waals surface area contributed by atoms with Gasteiger partial charge in [0.05, 0.1) is 10.3 Å². The monoisotopic (exact) mass is 484 g/mol. The molecule has 2 aliphatic rings. The van der Waals surface area contributed by atoms with Gasteiger partial charge in [0.15, 0.2) is 6.61 Å². The second-order valence-corrected chi connectivity index (χ2v) is 11.9. The fourth-order valence-corrected chi connectivity index (χ4v) is 5.60. The van der Waals surface area contributed by atoms with Gasteiger partial charge < -0.3 is 9.64 Å². The van der Waals surface area contributed by atoms with Gasteiger partial charge in [-0.15, -0.1) is 0 Å². The number of carbonyl (C=O) groups is 2. The lowest BCUT2D eigenvalue weighted by molar-refractivity contribution is -0.153. The van der Waals surface area contributed by atoms with Gasteiger partial charge in [-0.2, -0.15) is 0 Å². The highest BCUT2D eigenvalue weighted by molar-refractivity contribution is 7.89. The minimum Gasteiger partial charge on any atom is -0.455 e. The molecule has 1 amide bonds. The van der Waals surface area contributed by atoms with E-state index in [1.54, 1.807) is 6.07 Å². The van der Waals surface area contributed by atoms with Crippen LogP contribution in [0.15, 0.2) is 47.4 Å². The molecule has 0 bridgehead atoms. The zero-order valence-corrected chi connectivity index (χ0v) is 20.8. The van der Waals surface area contributed by atoms with Gasteiger partial charge in [0.2, 0.25) is 10.0 Å². The third-order valence-electron chi connectivity index (χ3n) is 7.05. The molecular weight excluding hydrogens is 452 g/mol. The zero-order valence-electron chi connectivity index (χ0n) is 20.0. The predicted octanol–water partition coefficient (Wildman–Crippen LogP) is 3.58. The summed E-state index contributed by atoms with van der Waals surface area (Å²) in [5.41, 5.74) is 2.81. The standard InChI is InChI=1S/C26H32N2O5S/c1-25(2,3)19-6-8-20(9-7-19)26(13-4-5-14-26)24(30)33-17-23(29)28-15-12-18-16-21(34(27,31)32)10-11-22(18)28/h6-11,16H,4-5,12-15,17H2,1-3H3,(H2,27,31,32). The first-order chi connectivity index (χ1) is 15.9. The second kappa shape index (κ2) is 8.82. The Labute approximate surface area is 201 Å². The van der Waals surface area contributed by atoms with Crippen molar-refractivity contribution < 1.29 is 22.7 Å². The van der Waals surface area contributed by atoms with Gasteiger partial charge in [-0.3, -0.25) is 9.59 Å². The van der Waals surface area contributed by atoms with Crippen LogP contribution in [0, 0.1) is 0 Å². The molecule has 0 saturated heterocycles. The van der Waals surface area contributed by atoms with Gasteiger partial charge in [0, 0.05) is 12.2 Å². The highest BCUT2D eigenvalue weighted by atomic mass is 32.2. The molecule has 2 aromatic rings. The van der Waals surface area contributed by atoms with E-state index in [1.807, 2.05) is 12.1 Å². The van der Waals surface area contributed by atoms with Gasteiger partial charge >= 0.3 is 5.97 Å². The number of ether oxygens (including phenoxy) is 1. The SMILES string of the molecule is CC(C)(C)c1ccc(C2(C(=O)OCC(=O)N3CCc4cc(S(N)(=O)=O)ccc43)CCCC2)cc1. The number of hydrogen-bond donors (Lipinski definition) is 1. The summed E-state index contributed by atoms with van der Waals surface area (Å²) in [6.45, 7) is 6.51. The number of sulfonamides is 1. The average Bonchev–Trinajstić information content (AvgIpc) is 3.44. The number of primary sulfonamides is 1. The van der Waals surface area contributed by atoms with Crippen LogP contribution in [0.1, 0.15) is 63.1 Å². The van der Waals surface area contributed by atoms with Crippen LogP contribution >= 0.6 is 0 Å². The Balaban J connectivity index is 1.47. The lowest BCUT2D eigenvalue weighted by Crippen LogP contribution is -2.39. The van der Waals surface area contributed by atoms with Crippen molar-refractivity contribution in [2.75, 3.05) is 18.1 Å². The van der Waals surface area contributed by atoms with Gasteiger partial charge in [-0.05, 0) is 59.6 Å². The first-order valence-electron chi connectivity index (χ1n) is 11.7. The van der Waals surface area contributed by atoms with E-state index in [2.05, 4.69) is 32.9 Å². The number of fused-ring (bicyclic) bond motifs is 1. The van der Waals surface area contributed by atoms with Crippen molar-refractivity contribution in [2.24, 2.45) is 5.14 Å². The summed E-state index contributed by atoms with van der Waals surface area (Å²) in [7, 11) is -3.81. The van der Waals surface area contributed by atoms with Crippen LogP contribution in [0.5, 0.6) is 0 Å². The minimum absolute atomic E-state index is 0.0210. The van der Waals surface area contributed by atoms with Crippen molar-refractivity contribution in [3.05, 3.63) is 59.2 Å². The quantitative estimate of drug-likeness (QED) is 0.653. The highest BCUT2D eigenvalue weighted by Gasteiger charge is 2.44. The summed E-state index contributed by atoms with van der Waals surface area (Å²) in [6, 6.07) is 12.7. The number of amides is 1. The Morgan fingerprint density at radius 2 is 1.71 bits per heavy atom. The molecule has 1 fully saturated rings. The van der Waals surface area contributed by atoms with E-state index in [-0.39, 0.29) is 28.8 Å². The van der Waals surface area contributed by atoms with Crippen molar-refractivity contribution in [3.63, 3.8) is 0 Å². The van der Waals surface area contributed by atoms with E-state index in [0.29, 0.717) is 31.5 Å². The van der Waals surface area contributed by atoms with Crippen LogP contribution in [-0.4, -0.2) is 33.4 Å². The lowest BCUT2D eigenvalue weighted by atomic mass is 9.77. The van der Waals surface area contributed by atoms with E-state index < -0.39 is 15.4 Å². The molecule has 1 saturated carbocycles.